The molecule has 0 aliphatic rings. The molecule has 0 unspecified atom stereocenters. The van der Waals surface area contributed by atoms with E-state index in [4.69, 9.17) is 0 Å². The van der Waals surface area contributed by atoms with Crippen LogP contribution in [0.1, 0.15) is 11.3 Å². The van der Waals surface area contributed by atoms with Gasteiger partial charge >= 0.3 is 0 Å². The van der Waals surface area contributed by atoms with Crippen molar-refractivity contribution in [2.45, 2.75) is 13.5 Å². The standard InChI is InChI=1S/C13H14N6/c1-9-10(8-15-19(9)2)7-14-13-16-11-5-3-4-6-12(11)17-18-13/h3-6,8H,7H2,1-2H3,(H,14,16,18). The van der Waals surface area contributed by atoms with Gasteiger partial charge in [0.25, 0.3) is 0 Å². The minimum atomic E-state index is 0.530. The molecule has 0 radical (unpaired) electrons. The first kappa shape index (κ1) is 11.6. The fourth-order valence-corrected chi connectivity index (χ4v) is 1.85. The number of aromatic nitrogens is 5. The zero-order chi connectivity index (χ0) is 13.2. The van der Waals surface area contributed by atoms with Crippen LogP contribution in [0, 0.1) is 6.92 Å². The fraction of sp³-hybridized carbons (Fsp3) is 0.231. The lowest BCUT2D eigenvalue weighted by Crippen LogP contribution is -2.05. The molecule has 0 spiro atoms. The Kier molecular flexibility index (Phi) is 2.83. The molecule has 0 fully saturated rings. The van der Waals surface area contributed by atoms with Gasteiger partial charge in [-0.2, -0.15) is 5.10 Å². The Hall–Kier alpha value is -2.50. The number of nitrogens with zero attached hydrogens (tertiary/aromatic N) is 5. The highest BCUT2D eigenvalue weighted by Crippen LogP contribution is 2.11. The molecule has 0 saturated heterocycles. The summed E-state index contributed by atoms with van der Waals surface area (Å²) in [6.45, 7) is 2.67. The number of nitrogens with one attached hydrogen (secondary N) is 1. The van der Waals surface area contributed by atoms with Gasteiger partial charge in [0.15, 0.2) is 0 Å². The quantitative estimate of drug-likeness (QED) is 0.770. The van der Waals surface area contributed by atoms with Crippen LogP contribution in [-0.2, 0) is 13.6 Å². The number of aryl methyl sites for hydroxylation is 1. The van der Waals surface area contributed by atoms with Crippen molar-refractivity contribution < 1.29 is 0 Å². The van der Waals surface area contributed by atoms with E-state index >= 15 is 0 Å². The number of fused-ring (bicyclic) bond motifs is 1. The third-order valence-electron chi connectivity index (χ3n) is 3.13. The van der Waals surface area contributed by atoms with Gasteiger partial charge in [0.2, 0.25) is 5.95 Å². The molecular formula is C13H14N6. The first-order valence-corrected chi connectivity index (χ1v) is 6.05. The van der Waals surface area contributed by atoms with Crippen molar-refractivity contribution in [1.29, 1.82) is 0 Å². The molecule has 0 atom stereocenters. The third kappa shape index (κ3) is 2.24. The molecular weight excluding hydrogens is 240 g/mol. The molecule has 0 aliphatic heterocycles. The van der Waals surface area contributed by atoms with Gasteiger partial charge in [-0.15, -0.1) is 10.2 Å². The molecule has 0 amide bonds. The van der Waals surface area contributed by atoms with E-state index in [-0.39, 0.29) is 0 Å². The van der Waals surface area contributed by atoms with Crippen LogP contribution in [0.15, 0.2) is 30.5 Å². The minimum Gasteiger partial charge on any atom is -0.349 e. The number of rotatable bonds is 3. The van der Waals surface area contributed by atoms with Crippen molar-refractivity contribution >= 4 is 17.0 Å². The highest BCUT2D eigenvalue weighted by Gasteiger charge is 2.05. The number of hydrogen-bond acceptors (Lipinski definition) is 5. The van der Waals surface area contributed by atoms with Crippen LogP contribution < -0.4 is 5.32 Å². The Balaban J connectivity index is 1.80. The zero-order valence-corrected chi connectivity index (χ0v) is 10.8. The third-order valence-corrected chi connectivity index (χ3v) is 3.13. The van der Waals surface area contributed by atoms with Crippen molar-refractivity contribution in [3.05, 3.63) is 41.7 Å². The van der Waals surface area contributed by atoms with Crippen molar-refractivity contribution in [2.24, 2.45) is 7.05 Å². The summed E-state index contributed by atoms with van der Waals surface area (Å²) >= 11 is 0. The Morgan fingerprint density at radius 2 is 1.95 bits per heavy atom. The average molecular weight is 254 g/mol. The predicted octanol–water partition coefficient (Wildman–Crippen LogP) is 1.68. The Morgan fingerprint density at radius 3 is 2.68 bits per heavy atom. The molecule has 19 heavy (non-hydrogen) atoms. The van der Waals surface area contributed by atoms with E-state index in [1.54, 1.807) is 0 Å². The summed E-state index contributed by atoms with van der Waals surface area (Å²) in [6.07, 6.45) is 1.84. The molecule has 6 nitrogen and oxygen atoms in total. The summed E-state index contributed by atoms with van der Waals surface area (Å²) in [6, 6.07) is 7.67. The van der Waals surface area contributed by atoms with Gasteiger partial charge in [-0.05, 0) is 19.1 Å². The summed E-state index contributed by atoms with van der Waals surface area (Å²) in [7, 11) is 1.92. The molecule has 1 aromatic carbocycles. The molecule has 3 rings (SSSR count). The number of anilines is 1. The molecule has 2 heterocycles. The molecule has 2 aromatic heterocycles. The minimum absolute atomic E-state index is 0.530. The highest BCUT2D eigenvalue weighted by atomic mass is 15.3. The van der Waals surface area contributed by atoms with E-state index in [1.165, 1.54) is 0 Å². The van der Waals surface area contributed by atoms with Gasteiger partial charge in [-0.25, -0.2) is 4.98 Å². The van der Waals surface area contributed by atoms with Gasteiger partial charge in [-0.3, -0.25) is 4.68 Å². The van der Waals surface area contributed by atoms with Crippen LogP contribution in [0.5, 0.6) is 0 Å². The van der Waals surface area contributed by atoms with E-state index in [2.05, 4.69) is 25.6 Å². The molecule has 96 valence electrons. The van der Waals surface area contributed by atoms with Gasteiger partial charge in [0.1, 0.15) is 5.52 Å². The maximum Gasteiger partial charge on any atom is 0.243 e. The molecule has 1 N–H and O–H groups in total. The summed E-state index contributed by atoms with van der Waals surface area (Å²) in [5.41, 5.74) is 3.88. The molecule has 3 aromatic rings. The maximum absolute atomic E-state index is 4.41. The second-order valence-corrected chi connectivity index (χ2v) is 4.36. The Labute approximate surface area is 110 Å². The van der Waals surface area contributed by atoms with Crippen LogP contribution in [0.25, 0.3) is 11.0 Å². The van der Waals surface area contributed by atoms with Crippen LogP contribution in [0.4, 0.5) is 5.95 Å². The highest BCUT2D eigenvalue weighted by molar-refractivity contribution is 5.74. The molecule has 0 aliphatic carbocycles. The maximum atomic E-state index is 4.41. The Morgan fingerprint density at radius 1 is 1.16 bits per heavy atom. The summed E-state index contributed by atoms with van der Waals surface area (Å²) in [5, 5.41) is 15.6. The molecule has 6 heteroatoms. The summed E-state index contributed by atoms with van der Waals surface area (Å²) in [4.78, 5) is 4.41. The fourth-order valence-electron chi connectivity index (χ4n) is 1.85. The van der Waals surface area contributed by atoms with Gasteiger partial charge in [0.05, 0.1) is 11.7 Å². The van der Waals surface area contributed by atoms with E-state index in [0.717, 1.165) is 22.3 Å². The van der Waals surface area contributed by atoms with Crippen molar-refractivity contribution in [3.63, 3.8) is 0 Å². The largest absolute Gasteiger partial charge is 0.349 e. The predicted molar refractivity (Wildman–Crippen MR) is 72.6 cm³/mol. The molecule has 0 saturated carbocycles. The molecule has 0 bridgehead atoms. The zero-order valence-electron chi connectivity index (χ0n) is 10.8. The van der Waals surface area contributed by atoms with Crippen LogP contribution >= 0.6 is 0 Å². The summed E-state index contributed by atoms with van der Waals surface area (Å²) < 4.78 is 1.84. The lowest BCUT2D eigenvalue weighted by molar-refractivity contribution is 0.738. The van der Waals surface area contributed by atoms with Crippen LogP contribution in [-0.4, -0.2) is 25.0 Å². The van der Waals surface area contributed by atoms with E-state index in [1.807, 2.05) is 49.1 Å². The monoisotopic (exact) mass is 254 g/mol. The van der Waals surface area contributed by atoms with Gasteiger partial charge in [0, 0.05) is 24.8 Å². The van der Waals surface area contributed by atoms with Crippen LogP contribution in [0.2, 0.25) is 0 Å². The second kappa shape index (κ2) is 4.64. The first-order chi connectivity index (χ1) is 9.24. The smallest absolute Gasteiger partial charge is 0.243 e. The van der Waals surface area contributed by atoms with Crippen molar-refractivity contribution in [2.75, 3.05) is 5.32 Å². The van der Waals surface area contributed by atoms with Gasteiger partial charge in [-0.1, -0.05) is 12.1 Å². The first-order valence-electron chi connectivity index (χ1n) is 6.05. The SMILES string of the molecule is Cc1c(CNc2nnc3ccccc3n2)cnn1C. The number of hydrogen-bond donors (Lipinski definition) is 1. The van der Waals surface area contributed by atoms with E-state index in [0.29, 0.717) is 12.5 Å². The number of benzene rings is 1. The average Bonchev–Trinajstić information content (AvgIpc) is 2.76. The van der Waals surface area contributed by atoms with E-state index < -0.39 is 0 Å². The lowest BCUT2D eigenvalue weighted by Gasteiger charge is -2.04. The van der Waals surface area contributed by atoms with Gasteiger partial charge < -0.3 is 5.32 Å². The van der Waals surface area contributed by atoms with Crippen LogP contribution in [0.3, 0.4) is 0 Å². The van der Waals surface area contributed by atoms with Crippen molar-refractivity contribution in [1.82, 2.24) is 25.0 Å². The Bertz CT molecular complexity index is 718. The van der Waals surface area contributed by atoms with Crippen molar-refractivity contribution in [3.8, 4) is 0 Å². The number of para-hydroxylation sites is 1. The van der Waals surface area contributed by atoms with E-state index in [9.17, 15) is 0 Å². The lowest BCUT2D eigenvalue weighted by atomic mass is 10.2. The summed E-state index contributed by atoms with van der Waals surface area (Å²) in [5.74, 6) is 0.530. The normalized spacial score (nSPS) is 10.8. The second-order valence-electron chi connectivity index (χ2n) is 4.36. The topological polar surface area (TPSA) is 68.5 Å².